The van der Waals surface area contributed by atoms with Gasteiger partial charge in [0.15, 0.2) is 0 Å². The molecule has 0 amide bonds. The lowest BCUT2D eigenvalue weighted by atomic mass is 9.71. The highest BCUT2D eigenvalue weighted by Crippen LogP contribution is 2.34. The average Bonchev–Trinajstić information content (AvgIpc) is 2.07. The topological polar surface area (TPSA) is 37.3 Å². The number of Topliss-reactive ketones (excluding diaryl/α,β-unsaturated/α-hetero) is 1. The summed E-state index contributed by atoms with van der Waals surface area (Å²) in [5, 5.41) is 9.88. The molecule has 13 heavy (non-hydrogen) atoms. The largest absolute Gasteiger partial charge is 0.392 e. The predicted octanol–water partition coefficient (Wildman–Crippen LogP) is 1.78. The van der Waals surface area contributed by atoms with Gasteiger partial charge in [0.05, 0.1) is 6.10 Å². The van der Waals surface area contributed by atoms with E-state index in [2.05, 4.69) is 6.58 Å². The first-order valence-corrected chi connectivity index (χ1v) is 4.81. The van der Waals surface area contributed by atoms with Gasteiger partial charge in [-0.2, -0.15) is 0 Å². The van der Waals surface area contributed by atoms with Crippen LogP contribution in [0.4, 0.5) is 0 Å². The van der Waals surface area contributed by atoms with Gasteiger partial charge < -0.3 is 5.11 Å². The van der Waals surface area contributed by atoms with Crippen LogP contribution in [-0.2, 0) is 4.79 Å². The van der Waals surface area contributed by atoms with Crippen LogP contribution in [0.1, 0.15) is 27.2 Å². The molecule has 4 atom stereocenters. The lowest BCUT2D eigenvalue weighted by Crippen LogP contribution is -2.42. The number of aliphatic hydroxyl groups is 1. The van der Waals surface area contributed by atoms with Crippen LogP contribution in [0.3, 0.4) is 0 Å². The third-order valence-electron chi connectivity index (χ3n) is 3.30. The molecule has 0 radical (unpaired) electrons. The summed E-state index contributed by atoms with van der Waals surface area (Å²) in [5.41, 5.74) is 0.916. The predicted molar refractivity (Wildman–Crippen MR) is 52.3 cm³/mol. The van der Waals surface area contributed by atoms with Gasteiger partial charge in [-0.3, -0.25) is 4.79 Å². The summed E-state index contributed by atoms with van der Waals surface area (Å²) in [6.45, 7) is 9.52. The highest BCUT2D eigenvalue weighted by atomic mass is 16.3. The van der Waals surface area contributed by atoms with Crippen LogP contribution >= 0.6 is 0 Å². The van der Waals surface area contributed by atoms with E-state index in [0.717, 1.165) is 5.57 Å². The van der Waals surface area contributed by atoms with Gasteiger partial charge in [0.2, 0.25) is 0 Å². The second-order valence-corrected chi connectivity index (χ2v) is 4.26. The molecule has 0 bridgehead atoms. The number of hydrogen-bond acceptors (Lipinski definition) is 2. The Kier molecular flexibility index (Phi) is 2.91. The van der Waals surface area contributed by atoms with Crippen molar-refractivity contribution in [2.45, 2.75) is 33.3 Å². The average molecular weight is 182 g/mol. The fraction of sp³-hybridized carbons (Fsp3) is 0.727. The van der Waals surface area contributed by atoms with E-state index in [1.165, 1.54) is 0 Å². The first-order chi connectivity index (χ1) is 5.95. The molecule has 0 aromatic carbocycles. The lowest BCUT2D eigenvalue weighted by Gasteiger charge is -2.36. The molecular formula is C11H18O2. The normalized spacial score (nSPS) is 40.5. The molecule has 0 aromatic heterocycles. The van der Waals surface area contributed by atoms with Crippen molar-refractivity contribution in [3.63, 3.8) is 0 Å². The molecule has 1 rings (SSSR count). The van der Waals surface area contributed by atoms with Crippen LogP contribution in [0.15, 0.2) is 12.2 Å². The highest BCUT2D eigenvalue weighted by molar-refractivity contribution is 5.82. The van der Waals surface area contributed by atoms with Crippen LogP contribution in [0.25, 0.3) is 0 Å². The van der Waals surface area contributed by atoms with Crippen LogP contribution in [0, 0.1) is 17.8 Å². The Hall–Kier alpha value is -0.630. The zero-order chi connectivity index (χ0) is 10.2. The molecule has 74 valence electrons. The number of carbonyl (C=O) groups is 1. The van der Waals surface area contributed by atoms with Crippen LogP contribution in [0.5, 0.6) is 0 Å². The summed E-state index contributed by atoms with van der Waals surface area (Å²) in [4.78, 5) is 11.5. The molecule has 1 aliphatic carbocycles. The summed E-state index contributed by atoms with van der Waals surface area (Å²) >= 11 is 0. The van der Waals surface area contributed by atoms with Gasteiger partial charge in [0.25, 0.3) is 0 Å². The standard InChI is InChI=1S/C11H18O2/c1-6(2)9-5-10(12)7(3)8(4)11(9)13/h7-9,11,13H,1,5H2,2-4H3/t7-,8-,9-,11+/m1/s1. The molecule has 0 heterocycles. The molecule has 2 heteroatoms. The van der Waals surface area contributed by atoms with Gasteiger partial charge in [-0.05, 0) is 12.8 Å². The van der Waals surface area contributed by atoms with Crippen molar-refractivity contribution >= 4 is 5.78 Å². The van der Waals surface area contributed by atoms with Crippen molar-refractivity contribution in [2.75, 3.05) is 0 Å². The maximum absolute atomic E-state index is 11.5. The summed E-state index contributed by atoms with van der Waals surface area (Å²) in [6.07, 6.45) is 0.0624. The minimum absolute atomic E-state index is 0.00870. The summed E-state index contributed by atoms with van der Waals surface area (Å²) < 4.78 is 0. The van der Waals surface area contributed by atoms with E-state index in [-0.39, 0.29) is 23.5 Å². The van der Waals surface area contributed by atoms with Crippen molar-refractivity contribution in [2.24, 2.45) is 17.8 Å². The Morgan fingerprint density at radius 1 is 1.54 bits per heavy atom. The van der Waals surface area contributed by atoms with Crippen LogP contribution < -0.4 is 0 Å². The molecule has 0 spiro atoms. The maximum Gasteiger partial charge on any atom is 0.136 e. The van der Waals surface area contributed by atoms with E-state index < -0.39 is 6.10 Å². The minimum atomic E-state index is -0.398. The van der Waals surface area contributed by atoms with Gasteiger partial charge >= 0.3 is 0 Å². The Morgan fingerprint density at radius 2 is 2.08 bits per heavy atom. The van der Waals surface area contributed by atoms with E-state index in [4.69, 9.17) is 0 Å². The van der Waals surface area contributed by atoms with Crippen molar-refractivity contribution in [1.82, 2.24) is 0 Å². The monoisotopic (exact) mass is 182 g/mol. The minimum Gasteiger partial charge on any atom is -0.392 e. The van der Waals surface area contributed by atoms with Gasteiger partial charge in [0.1, 0.15) is 5.78 Å². The van der Waals surface area contributed by atoms with Gasteiger partial charge in [-0.25, -0.2) is 0 Å². The first kappa shape index (κ1) is 10.5. The second-order valence-electron chi connectivity index (χ2n) is 4.26. The van der Waals surface area contributed by atoms with E-state index in [0.29, 0.717) is 6.42 Å². The summed E-state index contributed by atoms with van der Waals surface area (Å²) in [6, 6.07) is 0. The lowest BCUT2D eigenvalue weighted by molar-refractivity contribution is -0.132. The highest BCUT2D eigenvalue weighted by Gasteiger charge is 2.38. The van der Waals surface area contributed by atoms with Crippen molar-refractivity contribution in [1.29, 1.82) is 0 Å². The molecule has 0 aromatic rings. The van der Waals surface area contributed by atoms with E-state index in [1.54, 1.807) is 0 Å². The number of aliphatic hydroxyl groups excluding tert-OH is 1. The zero-order valence-electron chi connectivity index (χ0n) is 8.58. The first-order valence-electron chi connectivity index (χ1n) is 4.81. The molecule has 1 N–H and O–H groups in total. The Morgan fingerprint density at radius 3 is 2.54 bits per heavy atom. The van der Waals surface area contributed by atoms with Gasteiger partial charge in [0, 0.05) is 18.3 Å². The molecule has 0 aliphatic heterocycles. The van der Waals surface area contributed by atoms with Crippen molar-refractivity contribution in [3.05, 3.63) is 12.2 Å². The number of carbonyl (C=O) groups excluding carboxylic acids is 1. The smallest absolute Gasteiger partial charge is 0.136 e. The van der Waals surface area contributed by atoms with Crippen LogP contribution in [0.2, 0.25) is 0 Å². The molecule has 1 fully saturated rings. The van der Waals surface area contributed by atoms with Crippen molar-refractivity contribution < 1.29 is 9.90 Å². The molecule has 0 unspecified atom stereocenters. The Labute approximate surface area is 79.6 Å². The second kappa shape index (κ2) is 3.62. The van der Waals surface area contributed by atoms with E-state index in [9.17, 15) is 9.90 Å². The molecule has 1 saturated carbocycles. The molecule has 1 aliphatic rings. The Balaban J connectivity index is 2.82. The molecule has 2 nitrogen and oxygen atoms in total. The summed E-state index contributed by atoms with van der Waals surface area (Å²) in [5.74, 6) is 0.276. The Bertz CT molecular complexity index is 232. The number of ketones is 1. The molecular weight excluding hydrogens is 164 g/mol. The summed E-state index contributed by atoms with van der Waals surface area (Å²) in [7, 11) is 0. The van der Waals surface area contributed by atoms with Crippen LogP contribution in [-0.4, -0.2) is 17.0 Å². The SMILES string of the molecule is C=C(C)[C@H]1CC(=O)[C@H](C)[C@@H](C)[C@@H]1O. The fourth-order valence-corrected chi connectivity index (χ4v) is 1.94. The van der Waals surface area contributed by atoms with Gasteiger partial charge in [-0.1, -0.05) is 26.0 Å². The quantitative estimate of drug-likeness (QED) is 0.628. The third kappa shape index (κ3) is 1.83. The van der Waals surface area contributed by atoms with Gasteiger partial charge in [-0.15, -0.1) is 0 Å². The van der Waals surface area contributed by atoms with E-state index >= 15 is 0 Å². The fourth-order valence-electron chi connectivity index (χ4n) is 1.94. The van der Waals surface area contributed by atoms with Crippen molar-refractivity contribution in [3.8, 4) is 0 Å². The number of rotatable bonds is 1. The third-order valence-corrected chi connectivity index (χ3v) is 3.30. The number of hydrogen-bond donors (Lipinski definition) is 1. The maximum atomic E-state index is 11.5. The molecule has 0 saturated heterocycles. The van der Waals surface area contributed by atoms with E-state index in [1.807, 2.05) is 20.8 Å². The zero-order valence-corrected chi connectivity index (χ0v) is 8.58.